The molecule has 3 heterocycles. The van der Waals surface area contributed by atoms with E-state index in [0.717, 1.165) is 83.9 Å². The number of carbonyl (C=O) groups is 1. The Kier molecular flexibility index (Phi) is 4.61. The van der Waals surface area contributed by atoms with E-state index in [9.17, 15) is 4.79 Å². The van der Waals surface area contributed by atoms with Crippen LogP contribution in [0.4, 0.5) is 0 Å². The van der Waals surface area contributed by atoms with Crippen LogP contribution in [0.25, 0.3) is 0 Å². The molecule has 0 aromatic heterocycles. The number of carbonyl (C=O) groups excluding carboxylic acids is 1. The van der Waals surface area contributed by atoms with Crippen molar-refractivity contribution >= 4 is 5.91 Å². The Morgan fingerprint density at radius 1 is 1.13 bits per heavy atom. The molecule has 5 heteroatoms. The third kappa shape index (κ3) is 3.72. The van der Waals surface area contributed by atoms with Gasteiger partial charge in [-0.25, -0.2) is 0 Å². The van der Waals surface area contributed by atoms with Gasteiger partial charge in [-0.2, -0.15) is 0 Å². The van der Waals surface area contributed by atoms with E-state index >= 15 is 0 Å². The molecule has 1 atom stereocenters. The van der Waals surface area contributed by atoms with Gasteiger partial charge in [-0.05, 0) is 44.4 Å². The molecule has 3 saturated heterocycles. The molecule has 0 bridgehead atoms. The predicted molar refractivity (Wildman–Crippen MR) is 89.3 cm³/mol. The predicted octanol–water partition coefficient (Wildman–Crippen LogP) is 1.23. The van der Waals surface area contributed by atoms with Gasteiger partial charge in [0.05, 0.1) is 12.2 Å². The van der Waals surface area contributed by atoms with Crippen molar-refractivity contribution in [3.8, 4) is 0 Å². The first-order valence-electron chi connectivity index (χ1n) is 9.61. The molecule has 0 aromatic rings. The Morgan fingerprint density at radius 2 is 1.96 bits per heavy atom. The van der Waals surface area contributed by atoms with E-state index in [2.05, 4.69) is 15.1 Å². The van der Waals surface area contributed by atoms with Crippen LogP contribution in [-0.2, 0) is 9.53 Å². The van der Waals surface area contributed by atoms with Crippen LogP contribution in [-0.4, -0.2) is 73.2 Å². The molecule has 1 N–H and O–H groups in total. The fraction of sp³-hybridized carbons (Fsp3) is 0.944. The van der Waals surface area contributed by atoms with Crippen molar-refractivity contribution in [2.24, 2.45) is 5.92 Å². The lowest BCUT2D eigenvalue weighted by atomic mass is 9.88. The molecule has 130 valence electrons. The Hall–Kier alpha value is -0.650. The number of likely N-dealkylation sites (tertiary alicyclic amines) is 2. The van der Waals surface area contributed by atoms with Crippen LogP contribution in [0.2, 0.25) is 0 Å². The fourth-order valence-electron chi connectivity index (χ4n) is 4.52. The van der Waals surface area contributed by atoms with Crippen LogP contribution in [0.15, 0.2) is 0 Å². The molecule has 5 nitrogen and oxygen atoms in total. The molecular formula is C18H31N3O2. The molecule has 4 rings (SSSR count). The van der Waals surface area contributed by atoms with E-state index < -0.39 is 0 Å². The molecule has 23 heavy (non-hydrogen) atoms. The Balaban J connectivity index is 1.29. The summed E-state index contributed by atoms with van der Waals surface area (Å²) in [5.41, 5.74) is 0.0906. The summed E-state index contributed by atoms with van der Waals surface area (Å²) >= 11 is 0. The smallest absolute Gasteiger partial charge is 0.222 e. The van der Waals surface area contributed by atoms with E-state index in [4.69, 9.17) is 4.74 Å². The summed E-state index contributed by atoms with van der Waals surface area (Å²) in [5.74, 6) is 1.20. The zero-order valence-electron chi connectivity index (χ0n) is 14.3. The van der Waals surface area contributed by atoms with Crippen molar-refractivity contribution in [2.75, 3.05) is 45.9 Å². The molecule has 0 unspecified atom stereocenters. The highest BCUT2D eigenvalue weighted by atomic mass is 16.5. The second kappa shape index (κ2) is 6.69. The van der Waals surface area contributed by atoms with E-state index in [1.807, 2.05) is 0 Å². The summed E-state index contributed by atoms with van der Waals surface area (Å²) in [5, 5.41) is 3.49. The van der Waals surface area contributed by atoms with Gasteiger partial charge in [-0.1, -0.05) is 0 Å². The van der Waals surface area contributed by atoms with Gasteiger partial charge in [0.2, 0.25) is 5.91 Å². The lowest BCUT2D eigenvalue weighted by Gasteiger charge is -2.46. The van der Waals surface area contributed by atoms with Gasteiger partial charge < -0.3 is 19.9 Å². The van der Waals surface area contributed by atoms with Gasteiger partial charge in [0, 0.05) is 51.7 Å². The number of amides is 1. The van der Waals surface area contributed by atoms with Crippen molar-refractivity contribution in [3.63, 3.8) is 0 Å². The molecule has 3 aliphatic heterocycles. The highest BCUT2D eigenvalue weighted by Gasteiger charge is 2.39. The van der Waals surface area contributed by atoms with Crippen molar-refractivity contribution in [1.82, 2.24) is 15.1 Å². The SMILES string of the molecule is O=C1CC[C@H](N2CCC3(CC2)CNCCO3)CCN1CC1CC1. The summed E-state index contributed by atoms with van der Waals surface area (Å²) in [6.45, 7) is 7.11. The monoisotopic (exact) mass is 321 g/mol. The lowest BCUT2D eigenvalue weighted by molar-refractivity contribution is -0.131. The largest absolute Gasteiger partial charge is 0.372 e. The molecule has 4 fully saturated rings. The maximum atomic E-state index is 12.3. The molecule has 1 saturated carbocycles. The molecule has 1 spiro atoms. The number of hydrogen-bond donors (Lipinski definition) is 1. The van der Waals surface area contributed by atoms with Crippen LogP contribution in [0.1, 0.15) is 44.9 Å². The van der Waals surface area contributed by atoms with E-state index in [-0.39, 0.29) is 5.60 Å². The summed E-state index contributed by atoms with van der Waals surface area (Å²) in [6.07, 6.45) is 7.88. The first-order chi connectivity index (χ1) is 11.2. The van der Waals surface area contributed by atoms with Crippen LogP contribution >= 0.6 is 0 Å². The minimum absolute atomic E-state index is 0.0906. The molecular weight excluding hydrogens is 290 g/mol. The quantitative estimate of drug-likeness (QED) is 0.849. The molecule has 1 amide bonds. The average molecular weight is 321 g/mol. The van der Waals surface area contributed by atoms with Crippen molar-refractivity contribution in [2.45, 2.75) is 56.6 Å². The van der Waals surface area contributed by atoms with Crippen LogP contribution in [0, 0.1) is 5.92 Å². The Labute approximate surface area is 139 Å². The first kappa shape index (κ1) is 15.9. The van der Waals surface area contributed by atoms with Crippen LogP contribution in [0.3, 0.4) is 0 Å². The number of ether oxygens (including phenoxy) is 1. The van der Waals surface area contributed by atoms with Gasteiger partial charge in [-0.15, -0.1) is 0 Å². The average Bonchev–Trinajstić information content (AvgIpc) is 3.40. The molecule has 0 radical (unpaired) electrons. The number of rotatable bonds is 3. The zero-order chi connectivity index (χ0) is 15.7. The first-order valence-corrected chi connectivity index (χ1v) is 9.61. The number of nitrogens with zero attached hydrogens (tertiary/aromatic N) is 2. The van der Waals surface area contributed by atoms with E-state index in [1.165, 1.54) is 12.8 Å². The van der Waals surface area contributed by atoms with E-state index in [1.54, 1.807) is 0 Å². The minimum atomic E-state index is 0.0906. The molecule has 1 aliphatic carbocycles. The lowest BCUT2D eigenvalue weighted by Crippen LogP contribution is -2.57. The number of nitrogens with one attached hydrogen (secondary N) is 1. The second-order valence-electron chi connectivity index (χ2n) is 8.01. The van der Waals surface area contributed by atoms with Crippen LogP contribution in [0.5, 0.6) is 0 Å². The van der Waals surface area contributed by atoms with Crippen molar-refractivity contribution in [3.05, 3.63) is 0 Å². The third-order valence-corrected chi connectivity index (χ3v) is 6.31. The highest BCUT2D eigenvalue weighted by Crippen LogP contribution is 2.32. The van der Waals surface area contributed by atoms with Gasteiger partial charge in [0.25, 0.3) is 0 Å². The Bertz CT molecular complexity index is 422. The standard InChI is InChI=1S/C18H31N3O2/c22-17-4-3-16(5-9-21(17)13-15-1-2-15)20-10-6-18(7-11-20)14-19-8-12-23-18/h15-16,19H,1-14H2/t16-/m0/s1. The minimum Gasteiger partial charge on any atom is -0.372 e. The van der Waals surface area contributed by atoms with Gasteiger partial charge in [0.1, 0.15) is 0 Å². The normalized spacial score (nSPS) is 33.0. The second-order valence-corrected chi connectivity index (χ2v) is 8.01. The van der Waals surface area contributed by atoms with Crippen LogP contribution < -0.4 is 5.32 Å². The van der Waals surface area contributed by atoms with Crippen molar-refractivity contribution in [1.29, 1.82) is 0 Å². The zero-order valence-corrected chi connectivity index (χ0v) is 14.3. The third-order valence-electron chi connectivity index (χ3n) is 6.31. The fourth-order valence-corrected chi connectivity index (χ4v) is 4.52. The number of morpholine rings is 1. The molecule has 0 aromatic carbocycles. The van der Waals surface area contributed by atoms with Gasteiger partial charge >= 0.3 is 0 Å². The molecule has 4 aliphatic rings. The maximum absolute atomic E-state index is 12.3. The summed E-state index contributed by atoms with van der Waals surface area (Å²) in [6, 6.07) is 0.594. The van der Waals surface area contributed by atoms with E-state index in [0.29, 0.717) is 11.9 Å². The van der Waals surface area contributed by atoms with Crippen molar-refractivity contribution < 1.29 is 9.53 Å². The van der Waals surface area contributed by atoms with Gasteiger partial charge in [-0.3, -0.25) is 4.79 Å². The topological polar surface area (TPSA) is 44.8 Å². The number of piperidine rings is 1. The summed E-state index contributed by atoms with van der Waals surface area (Å²) < 4.78 is 6.10. The summed E-state index contributed by atoms with van der Waals surface area (Å²) in [7, 11) is 0. The number of hydrogen-bond acceptors (Lipinski definition) is 4. The van der Waals surface area contributed by atoms with Gasteiger partial charge in [0.15, 0.2) is 0 Å². The maximum Gasteiger partial charge on any atom is 0.222 e. The Morgan fingerprint density at radius 3 is 2.65 bits per heavy atom. The summed E-state index contributed by atoms with van der Waals surface area (Å²) in [4.78, 5) is 17.1. The highest BCUT2D eigenvalue weighted by molar-refractivity contribution is 5.76.